The Kier molecular flexibility index (Phi) is 5.13. The van der Waals surface area contributed by atoms with Gasteiger partial charge in [-0.05, 0) is 36.6 Å². The standard InChI is InChI=1S/C13H15N3O3S2/c1-3-7-16-12(19)14-15-13(16)21-9-6-4-5-8(20-2)10(9)11(17)18/h4-6H,3,7H2,1-2H3,(H,14,19)(H,17,18). The summed E-state index contributed by atoms with van der Waals surface area (Å²) < 4.78 is 1.52. The number of hydrogen-bond acceptors (Lipinski definition) is 5. The molecule has 0 aliphatic rings. The number of carboxylic acid groups (broad SMARTS) is 1. The minimum Gasteiger partial charge on any atom is -0.478 e. The highest BCUT2D eigenvalue weighted by Gasteiger charge is 2.18. The van der Waals surface area contributed by atoms with Gasteiger partial charge in [0.15, 0.2) is 5.16 Å². The monoisotopic (exact) mass is 325 g/mol. The Balaban J connectivity index is 2.45. The number of aromatic amines is 1. The minimum atomic E-state index is -0.984. The SMILES string of the molecule is CCCn1c(Sc2cccc(SC)c2C(=O)O)n[nH]c1=O. The maximum atomic E-state index is 11.7. The van der Waals surface area contributed by atoms with Crippen LogP contribution in [0.15, 0.2) is 37.9 Å². The number of rotatable bonds is 6. The van der Waals surface area contributed by atoms with Crippen molar-refractivity contribution < 1.29 is 9.90 Å². The van der Waals surface area contributed by atoms with Crippen molar-refractivity contribution >= 4 is 29.5 Å². The van der Waals surface area contributed by atoms with Gasteiger partial charge in [0.1, 0.15) is 0 Å². The average molecular weight is 325 g/mol. The molecule has 0 aliphatic carbocycles. The highest BCUT2D eigenvalue weighted by molar-refractivity contribution is 7.99. The molecule has 8 heteroatoms. The van der Waals surface area contributed by atoms with E-state index in [-0.39, 0.29) is 11.3 Å². The summed E-state index contributed by atoms with van der Waals surface area (Å²) in [5.41, 5.74) is -0.0363. The third kappa shape index (κ3) is 3.33. The summed E-state index contributed by atoms with van der Waals surface area (Å²) in [5.74, 6) is -0.984. The van der Waals surface area contributed by atoms with Crippen molar-refractivity contribution in [3.8, 4) is 0 Å². The number of hydrogen-bond donors (Lipinski definition) is 2. The third-order valence-electron chi connectivity index (χ3n) is 2.79. The second-order valence-corrected chi connectivity index (χ2v) is 6.06. The van der Waals surface area contributed by atoms with Gasteiger partial charge in [0, 0.05) is 16.3 Å². The fraction of sp³-hybridized carbons (Fsp3) is 0.308. The number of thioether (sulfide) groups is 1. The van der Waals surface area contributed by atoms with E-state index in [9.17, 15) is 14.7 Å². The van der Waals surface area contributed by atoms with Crippen molar-refractivity contribution in [1.29, 1.82) is 0 Å². The first kappa shape index (κ1) is 15.7. The molecule has 0 saturated carbocycles. The molecule has 0 unspecified atom stereocenters. The lowest BCUT2D eigenvalue weighted by atomic mass is 10.2. The zero-order valence-corrected chi connectivity index (χ0v) is 13.3. The predicted molar refractivity (Wildman–Crippen MR) is 82.4 cm³/mol. The van der Waals surface area contributed by atoms with Crippen molar-refractivity contribution in [2.24, 2.45) is 0 Å². The van der Waals surface area contributed by atoms with Crippen LogP contribution in [-0.2, 0) is 6.54 Å². The number of carbonyl (C=O) groups is 1. The fourth-order valence-corrected chi connectivity index (χ4v) is 3.58. The van der Waals surface area contributed by atoms with Crippen molar-refractivity contribution in [3.63, 3.8) is 0 Å². The lowest BCUT2D eigenvalue weighted by Crippen LogP contribution is -2.17. The van der Waals surface area contributed by atoms with Crippen LogP contribution in [-0.4, -0.2) is 32.1 Å². The first-order valence-corrected chi connectivity index (χ1v) is 8.36. The molecule has 6 nitrogen and oxygen atoms in total. The van der Waals surface area contributed by atoms with Crippen LogP contribution in [0.4, 0.5) is 0 Å². The van der Waals surface area contributed by atoms with Crippen LogP contribution in [0.5, 0.6) is 0 Å². The maximum Gasteiger partial charge on any atom is 0.343 e. The molecule has 0 atom stereocenters. The summed E-state index contributed by atoms with van der Waals surface area (Å²) in [6.45, 7) is 2.51. The average Bonchev–Trinajstić information content (AvgIpc) is 2.80. The van der Waals surface area contributed by atoms with Gasteiger partial charge in [-0.25, -0.2) is 14.7 Å². The van der Waals surface area contributed by atoms with Gasteiger partial charge < -0.3 is 5.11 Å². The number of H-pyrrole nitrogens is 1. The van der Waals surface area contributed by atoms with Gasteiger partial charge in [0.25, 0.3) is 0 Å². The van der Waals surface area contributed by atoms with Crippen molar-refractivity contribution in [2.45, 2.75) is 34.8 Å². The predicted octanol–water partition coefficient (Wildman–Crippen LogP) is 2.55. The van der Waals surface area contributed by atoms with E-state index in [4.69, 9.17) is 0 Å². The van der Waals surface area contributed by atoms with Gasteiger partial charge in [-0.2, -0.15) is 0 Å². The third-order valence-corrected chi connectivity index (χ3v) is 4.63. The molecule has 1 heterocycles. The van der Waals surface area contributed by atoms with Crippen molar-refractivity contribution in [2.75, 3.05) is 6.26 Å². The molecule has 112 valence electrons. The summed E-state index contributed by atoms with van der Waals surface area (Å²) in [4.78, 5) is 24.4. The molecule has 0 spiro atoms. The molecule has 0 bridgehead atoms. The quantitative estimate of drug-likeness (QED) is 0.794. The summed E-state index contributed by atoms with van der Waals surface area (Å²) >= 11 is 2.56. The minimum absolute atomic E-state index is 0.244. The van der Waals surface area contributed by atoms with Gasteiger partial charge in [-0.3, -0.25) is 4.57 Å². The van der Waals surface area contributed by atoms with Gasteiger partial charge in [0.2, 0.25) is 0 Å². The fourth-order valence-electron chi connectivity index (χ4n) is 1.88. The number of benzene rings is 1. The number of nitrogens with one attached hydrogen (secondary N) is 1. The Morgan fingerprint density at radius 1 is 1.43 bits per heavy atom. The summed E-state index contributed by atoms with van der Waals surface area (Å²) in [7, 11) is 0. The van der Waals surface area contributed by atoms with E-state index in [1.165, 1.54) is 28.1 Å². The first-order chi connectivity index (χ1) is 10.1. The van der Waals surface area contributed by atoms with Gasteiger partial charge >= 0.3 is 11.7 Å². The Labute approximate surface area is 130 Å². The Hall–Kier alpha value is -1.67. The van der Waals surface area contributed by atoms with E-state index in [1.54, 1.807) is 18.2 Å². The maximum absolute atomic E-state index is 11.7. The van der Waals surface area contributed by atoms with E-state index < -0.39 is 5.97 Å². The molecule has 21 heavy (non-hydrogen) atoms. The Morgan fingerprint density at radius 2 is 2.14 bits per heavy atom. The second kappa shape index (κ2) is 6.86. The Morgan fingerprint density at radius 3 is 2.76 bits per heavy atom. The van der Waals surface area contributed by atoms with Crippen LogP contribution in [0, 0.1) is 0 Å². The van der Waals surface area contributed by atoms with E-state index >= 15 is 0 Å². The molecule has 0 aliphatic heterocycles. The zero-order chi connectivity index (χ0) is 15.4. The first-order valence-electron chi connectivity index (χ1n) is 6.31. The van der Waals surface area contributed by atoms with E-state index in [0.717, 1.165) is 6.42 Å². The molecule has 0 amide bonds. The molecule has 2 aromatic rings. The number of aromatic nitrogens is 3. The van der Waals surface area contributed by atoms with E-state index in [0.29, 0.717) is 21.5 Å². The van der Waals surface area contributed by atoms with Crippen molar-refractivity contribution in [3.05, 3.63) is 34.2 Å². The second-order valence-electron chi connectivity index (χ2n) is 4.20. The van der Waals surface area contributed by atoms with E-state index in [1.807, 2.05) is 13.2 Å². The highest BCUT2D eigenvalue weighted by Crippen LogP contribution is 2.33. The lowest BCUT2D eigenvalue weighted by molar-refractivity contribution is 0.0689. The lowest BCUT2D eigenvalue weighted by Gasteiger charge is -2.09. The molecule has 0 radical (unpaired) electrons. The topological polar surface area (TPSA) is 88.0 Å². The molecule has 0 fully saturated rings. The van der Waals surface area contributed by atoms with Crippen molar-refractivity contribution in [1.82, 2.24) is 14.8 Å². The normalized spacial score (nSPS) is 10.8. The molecular weight excluding hydrogens is 310 g/mol. The van der Waals surface area contributed by atoms with Crippen LogP contribution in [0.1, 0.15) is 23.7 Å². The van der Waals surface area contributed by atoms with Gasteiger partial charge in [0.05, 0.1) is 5.56 Å². The highest BCUT2D eigenvalue weighted by atomic mass is 32.2. The van der Waals surface area contributed by atoms with Gasteiger partial charge in [-0.15, -0.1) is 16.9 Å². The van der Waals surface area contributed by atoms with Gasteiger partial charge in [-0.1, -0.05) is 13.0 Å². The summed E-state index contributed by atoms with van der Waals surface area (Å²) in [5, 5.41) is 16.3. The summed E-state index contributed by atoms with van der Waals surface area (Å²) in [6.07, 6.45) is 2.63. The largest absolute Gasteiger partial charge is 0.478 e. The molecule has 0 saturated heterocycles. The molecule has 2 N–H and O–H groups in total. The van der Waals surface area contributed by atoms with Crippen LogP contribution >= 0.6 is 23.5 Å². The number of nitrogens with zero attached hydrogens (tertiary/aromatic N) is 2. The molecule has 1 aromatic carbocycles. The zero-order valence-electron chi connectivity index (χ0n) is 11.6. The molecule has 1 aromatic heterocycles. The number of carboxylic acids is 1. The van der Waals surface area contributed by atoms with Crippen LogP contribution in [0.25, 0.3) is 0 Å². The molecular formula is C13H15N3O3S2. The Bertz CT molecular complexity index is 709. The molecule has 2 rings (SSSR count). The van der Waals surface area contributed by atoms with Crippen LogP contribution < -0.4 is 5.69 Å². The number of aromatic carboxylic acids is 1. The smallest absolute Gasteiger partial charge is 0.343 e. The van der Waals surface area contributed by atoms with E-state index in [2.05, 4.69) is 10.2 Å². The summed E-state index contributed by atoms with van der Waals surface area (Å²) in [6, 6.07) is 5.29. The van der Waals surface area contributed by atoms with Crippen LogP contribution in [0.3, 0.4) is 0 Å². The van der Waals surface area contributed by atoms with Crippen LogP contribution in [0.2, 0.25) is 0 Å².